The third-order valence-electron chi connectivity index (χ3n) is 5.86. The Morgan fingerprint density at radius 2 is 2.04 bits per heavy atom. The standard InChI is InChI=1S/C19H33N5.HI/c1-14-11-15(2)24(23-14)10-4-8-21-19(20-3)22-9-7-18-13-16-5-6-17(18)12-16;/h11,16-18H,4-10,12-13H2,1-3H3,(H2,20,21,22);1H. The lowest BCUT2D eigenvalue weighted by molar-refractivity contribution is 0.315. The third kappa shape index (κ3) is 5.59. The number of aliphatic imine (C=N–C) groups is 1. The summed E-state index contributed by atoms with van der Waals surface area (Å²) in [5.41, 5.74) is 2.33. The molecule has 142 valence electrons. The van der Waals surface area contributed by atoms with Gasteiger partial charge in [-0.3, -0.25) is 9.67 Å². The number of aromatic nitrogens is 2. The van der Waals surface area contributed by atoms with Gasteiger partial charge < -0.3 is 10.6 Å². The van der Waals surface area contributed by atoms with E-state index in [2.05, 4.69) is 38.4 Å². The third-order valence-corrected chi connectivity index (χ3v) is 5.86. The van der Waals surface area contributed by atoms with E-state index >= 15 is 0 Å². The molecule has 2 aliphatic rings. The van der Waals surface area contributed by atoms with Crippen LogP contribution in [-0.4, -0.2) is 35.9 Å². The average molecular weight is 459 g/mol. The molecule has 6 heteroatoms. The molecule has 0 aliphatic heterocycles. The fourth-order valence-electron chi connectivity index (χ4n) is 4.66. The van der Waals surface area contributed by atoms with Gasteiger partial charge in [-0.2, -0.15) is 5.10 Å². The van der Waals surface area contributed by atoms with Crippen LogP contribution < -0.4 is 10.6 Å². The molecule has 5 nitrogen and oxygen atoms in total. The lowest BCUT2D eigenvalue weighted by Crippen LogP contribution is -2.39. The Hall–Kier alpha value is -0.790. The maximum absolute atomic E-state index is 4.50. The molecule has 0 aromatic carbocycles. The van der Waals surface area contributed by atoms with Gasteiger partial charge in [0.2, 0.25) is 0 Å². The first-order valence-corrected chi connectivity index (χ1v) is 9.61. The highest BCUT2D eigenvalue weighted by Crippen LogP contribution is 2.49. The van der Waals surface area contributed by atoms with Crippen LogP contribution in [0, 0.1) is 31.6 Å². The molecule has 1 aromatic heterocycles. The average Bonchev–Trinajstić information content (AvgIpc) is 3.25. The fraction of sp³-hybridized carbons (Fsp3) is 0.789. The maximum atomic E-state index is 4.50. The van der Waals surface area contributed by atoms with Crippen LogP contribution >= 0.6 is 24.0 Å². The van der Waals surface area contributed by atoms with Crippen LogP contribution in [0.25, 0.3) is 0 Å². The Balaban J connectivity index is 0.00000225. The maximum Gasteiger partial charge on any atom is 0.190 e. The van der Waals surface area contributed by atoms with Crippen molar-refractivity contribution in [3.8, 4) is 0 Å². The summed E-state index contributed by atoms with van der Waals surface area (Å²) >= 11 is 0. The summed E-state index contributed by atoms with van der Waals surface area (Å²) in [5, 5.41) is 11.4. The Labute approximate surface area is 169 Å². The molecular weight excluding hydrogens is 425 g/mol. The topological polar surface area (TPSA) is 54.2 Å². The van der Waals surface area contributed by atoms with Crippen LogP contribution in [-0.2, 0) is 6.54 Å². The van der Waals surface area contributed by atoms with Crippen LogP contribution in [0.3, 0.4) is 0 Å². The van der Waals surface area contributed by atoms with Crippen molar-refractivity contribution in [1.82, 2.24) is 20.4 Å². The number of rotatable bonds is 7. The van der Waals surface area contributed by atoms with E-state index in [4.69, 9.17) is 0 Å². The van der Waals surface area contributed by atoms with Crippen molar-refractivity contribution >= 4 is 29.9 Å². The first-order valence-electron chi connectivity index (χ1n) is 9.61. The van der Waals surface area contributed by atoms with Gasteiger partial charge in [0.15, 0.2) is 5.96 Å². The molecule has 3 rings (SSSR count). The smallest absolute Gasteiger partial charge is 0.190 e. The number of halogens is 1. The molecule has 1 aromatic rings. The molecule has 2 bridgehead atoms. The van der Waals surface area contributed by atoms with Crippen LogP contribution in [0.15, 0.2) is 11.1 Å². The second kappa shape index (κ2) is 9.78. The molecule has 0 saturated heterocycles. The van der Waals surface area contributed by atoms with E-state index < -0.39 is 0 Å². The van der Waals surface area contributed by atoms with Crippen LogP contribution in [0.5, 0.6) is 0 Å². The molecule has 3 atom stereocenters. The van der Waals surface area contributed by atoms with Gasteiger partial charge >= 0.3 is 0 Å². The van der Waals surface area contributed by atoms with Crippen molar-refractivity contribution in [2.75, 3.05) is 20.1 Å². The highest BCUT2D eigenvalue weighted by Gasteiger charge is 2.38. The molecular formula is C19H34IN5. The number of aryl methyl sites for hydroxylation is 3. The van der Waals surface area contributed by atoms with Gasteiger partial charge in [0, 0.05) is 32.4 Å². The normalized spacial score (nSPS) is 25.1. The molecule has 2 N–H and O–H groups in total. The largest absolute Gasteiger partial charge is 0.356 e. The lowest BCUT2D eigenvalue weighted by atomic mass is 9.86. The predicted molar refractivity (Wildman–Crippen MR) is 115 cm³/mol. The quantitative estimate of drug-likeness (QED) is 0.284. The minimum atomic E-state index is 0. The minimum Gasteiger partial charge on any atom is -0.356 e. The summed E-state index contributed by atoms with van der Waals surface area (Å²) in [6.45, 7) is 7.08. The first kappa shape index (κ1) is 20.5. The van der Waals surface area contributed by atoms with Gasteiger partial charge in [0.25, 0.3) is 0 Å². The first-order chi connectivity index (χ1) is 11.7. The molecule has 2 aliphatic carbocycles. The molecule has 0 amide bonds. The zero-order valence-corrected chi connectivity index (χ0v) is 18.3. The van der Waals surface area contributed by atoms with Crippen LogP contribution in [0.4, 0.5) is 0 Å². The minimum absolute atomic E-state index is 0. The van der Waals surface area contributed by atoms with Gasteiger partial charge in [-0.25, -0.2) is 0 Å². The number of fused-ring (bicyclic) bond motifs is 2. The van der Waals surface area contributed by atoms with Crippen molar-refractivity contribution in [1.29, 1.82) is 0 Å². The summed E-state index contributed by atoms with van der Waals surface area (Å²) < 4.78 is 2.09. The van der Waals surface area contributed by atoms with Gasteiger partial charge in [0.05, 0.1) is 5.69 Å². The second-order valence-electron chi connectivity index (χ2n) is 7.65. The Kier molecular flexibility index (Phi) is 8.03. The van der Waals surface area contributed by atoms with E-state index in [1.165, 1.54) is 37.8 Å². The molecule has 2 fully saturated rings. The van der Waals surface area contributed by atoms with E-state index in [-0.39, 0.29) is 24.0 Å². The van der Waals surface area contributed by atoms with Crippen molar-refractivity contribution < 1.29 is 0 Å². The highest BCUT2D eigenvalue weighted by molar-refractivity contribution is 14.0. The summed E-state index contributed by atoms with van der Waals surface area (Å²) in [6, 6.07) is 2.13. The SMILES string of the molecule is CN=C(NCCCn1nc(C)cc1C)NCCC1CC2CCC1C2.I. The number of nitrogens with zero attached hydrogens (tertiary/aromatic N) is 3. The number of guanidine groups is 1. The molecule has 3 unspecified atom stereocenters. The van der Waals surface area contributed by atoms with Crippen molar-refractivity contribution in [3.05, 3.63) is 17.5 Å². The number of hydrogen-bond acceptors (Lipinski definition) is 2. The monoisotopic (exact) mass is 459 g/mol. The Morgan fingerprint density at radius 3 is 2.64 bits per heavy atom. The summed E-state index contributed by atoms with van der Waals surface area (Å²) in [6.07, 6.45) is 8.30. The van der Waals surface area contributed by atoms with Crippen LogP contribution in [0.2, 0.25) is 0 Å². The highest BCUT2D eigenvalue weighted by atomic mass is 127. The van der Waals surface area contributed by atoms with Crippen molar-refractivity contribution in [3.63, 3.8) is 0 Å². The van der Waals surface area contributed by atoms with E-state index in [1.807, 2.05) is 14.0 Å². The molecule has 2 saturated carbocycles. The fourth-order valence-corrected chi connectivity index (χ4v) is 4.66. The van der Waals surface area contributed by atoms with E-state index in [0.29, 0.717) is 0 Å². The summed E-state index contributed by atoms with van der Waals surface area (Å²) in [5.74, 6) is 3.96. The molecule has 0 radical (unpaired) electrons. The molecule has 1 heterocycles. The second-order valence-corrected chi connectivity index (χ2v) is 7.65. The van der Waals surface area contributed by atoms with Crippen molar-refractivity contribution in [2.45, 2.75) is 58.9 Å². The van der Waals surface area contributed by atoms with E-state index in [0.717, 1.165) is 55.5 Å². The van der Waals surface area contributed by atoms with Gasteiger partial charge in [0.1, 0.15) is 0 Å². The number of hydrogen-bond donors (Lipinski definition) is 2. The van der Waals surface area contributed by atoms with Crippen molar-refractivity contribution in [2.24, 2.45) is 22.7 Å². The molecule has 25 heavy (non-hydrogen) atoms. The van der Waals surface area contributed by atoms with Gasteiger partial charge in [-0.1, -0.05) is 6.42 Å². The van der Waals surface area contributed by atoms with Gasteiger partial charge in [-0.15, -0.1) is 24.0 Å². The number of nitrogens with one attached hydrogen (secondary N) is 2. The zero-order valence-electron chi connectivity index (χ0n) is 15.9. The summed E-state index contributed by atoms with van der Waals surface area (Å²) in [4.78, 5) is 4.34. The van der Waals surface area contributed by atoms with Gasteiger partial charge in [-0.05, 0) is 69.8 Å². The van der Waals surface area contributed by atoms with E-state index in [1.54, 1.807) is 0 Å². The zero-order chi connectivity index (χ0) is 16.9. The molecule has 0 spiro atoms. The summed E-state index contributed by atoms with van der Waals surface area (Å²) in [7, 11) is 1.86. The predicted octanol–water partition coefficient (Wildman–Crippen LogP) is 3.50. The lowest BCUT2D eigenvalue weighted by Gasteiger charge is -2.22. The van der Waals surface area contributed by atoms with Crippen LogP contribution in [0.1, 0.15) is 49.9 Å². The Bertz CT molecular complexity index is 568. The van der Waals surface area contributed by atoms with E-state index in [9.17, 15) is 0 Å². The Morgan fingerprint density at radius 1 is 1.24 bits per heavy atom.